The third kappa shape index (κ3) is 5.32. The van der Waals surface area contributed by atoms with Gasteiger partial charge in [0.15, 0.2) is 5.69 Å². The topological polar surface area (TPSA) is 87.4 Å². The van der Waals surface area contributed by atoms with Gasteiger partial charge in [-0.3, -0.25) is 0 Å². The minimum atomic E-state index is -0.874. The molecule has 0 saturated carbocycles. The SMILES string of the molecule is [C-]#[N+]c1ccc(Oc2ncnc(OC3C4COCC3CN(C(=O)OC(C)(C)C)C4)c2F)c(Cl)c1. The van der Waals surface area contributed by atoms with E-state index in [1.165, 1.54) is 18.2 Å². The van der Waals surface area contributed by atoms with E-state index in [1.54, 1.807) is 4.90 Å². The zero-order valence-electron chi connectivity index (χ0n) is 19.0. The number of fused-ring (bicyclic) bond motifs is 2. The number of piperidine rings is 1. The molecule has 34 heavy (non-hydrogen) atoms. The Kier molecular flexibility index (Phi) is 6.77. The van der Waals surface area contributed by atoms with Crippen molar-refractivity contribution in [3.63, 3.8) is 0 Å². The molecule has 2 fully saturated rings. The number of rotatable bonds is 4. The average Bonchev–Trinajstić information content (AvgIpc) is 2.76. The Hall–Kier alpha value is -3.16. The Morgan fingerprint density at radius 3 is 2.53 bits per heavy atom. The van der Waals surface area contributed by atoms with Gasteiger partial charge in [-0.05, 0) is 32.9 Å². The van der Waals surface area contributed by atoms with Crippen LogP contribution in [0.15, 0.2) is 24.5 Å². The van der Waals surface area contributed by atoms with Gasteiger partial charge in [-0.15, -0.1) is 0 Å². The maximum Gasteiger partial charge on any atom is 0.410 e. The van der Waals surface area contributed by atoms with Gasteiger partial charge >= 0.3 is 6.09 Å². The molecule has 2 saturated heterocycles. The molecule has 1 aromatic heterocycles. The summed E-state index contributed by atoms with van der Waals surface area (Å²) in [5.41, 5.74) is -0.272. The van der Waals surface area contributed by atoms with E-state index in [1.807, 2.05) is 20.8 Å². The van der Waals surface area contributed by atoms with Crippen molar-refractivity contribution in [2.45, 2.75) is 32.5 Å². The van der Waals surface area contributed by atoms with Gasteiger partial charge in [0.2, 0.25) is 5.82 Å². The Morgan fingerprint density at radius 2 is 1.91 bits per heavy atom. The molecular formula is C23H24ClFN4O5. The lowest BCUT2D eigenvalue weighted by Gasteiger charge is -2.46. The smallest absolute Gasteiger partial charge is 0.410 e. The molecule has 2 atom stereocenters. The van der Waals surface area contributed by atoms with E-state index in [2.05, 4.69) is 14.8 Å². The maximum absolute atomic E-state index is 15.2. The summed E-state index contributed by atoms with van der Waals surface area (Å²) < 4.78 is 37.8. The summed E-state index contributed by atoms with van der Waals surface area (Å²) in [5, 5.41) is 0.148. The van der Waals surface area contributed by atoms with Crippen molar-refractivity contribution < 1.29 is 28.1 Å². The van der Waals surface area contributed by atoms with Crippen LogP contribution in [0, 0.1) is 24.2 Å². The number of aromatic nitrogens is 2. The monoisotopic (exact) mass is 490 g/mol. The van der Waals surface area contributed by atoms with Crippen molar-refractivity contribution in [2.24, 2.45) is 11.8 Å². The molecule has 4 rings (SSSR count). The summed E-state index contributed by atoms with van der Waals surface area (Å²) in [6, 6.07) is 4.39. The van der Waals surface area contributed by atoms with Crippen LogP contribution in [0.5, 0.6) is 17.5 Å². The van der Waals surface area contributed by atoms with E-state index in [4.69, 9.17) is 37.1 Å². The van der Waals surface area contributed by atoms with Crippen LogP contribution in [0.3, 0.4) is 0 Å². The van der Waals surface area contributed by atoms with Gasteiger partial charge in [0, 0.05) is 24.9 Å². The first-order valence-electron chi connectivity index (χ1n) is 10.7. The number of carbonyl (C=O) groups excluding carboxylic acids is 1. The molecule has 3 heterocycles. The molecule has 2 bridgehead atoms. The zero-order valence-corrected chi connectivity index (χ0v) is 19.7. The Morgan fingerprint density at radius 1 is 1.24 bits per heavy atom. The fourth-order valence-electron chi connectivity index (χ4n) is 3.93. The molecule has 1 amide bonds. The third-order valence-corrected chi connectivity index (χ3v) is 5.67. The van der Waals surface area contributed by atoms with Crippen molar-refractivity contribution in [3.8, 4) is 17.5 Å². The molecule has 2 aliphatic rings. The Bertz CT molecular complexity index is 1110. The average molecular weight is 491 g/mol. The highest BCUT2D eigenvalue weighted by Gasteiger charge is 2.45. The Balaban J connectivity index is 1.49. The number of halogens is 2. The maximum atomic E-state index is 15.2. The second kappa shape index (κ2) is 9.60. The van der Waals surface area contributed by atoms with Crippen molar-refractivity contribution in [1.82, 2.24) is 14.9 Å². The van der Waals surface area contributed by atoms with Gasteiger partial charge in [0.05, 0.1) is 24.8 Å². The van der Waals surface area contributed by atoms with E-state index in [-0.39, 0.29) is 34.4 Å². The molecule has 9 nitrogen and oxygen atoms in total. The highest BCUT2D eigenvalue weighted by Crippen LogP contribution is 2.36. The van der Waals surface area contributed by atoms with Crippen molar-refractivity contribution in [2.75, 3.05) is 26.3 Å². The summed E-state index contributed by atoms with van der Waals surface area (Å²) in [6.07, 6.45) is 0.330. The number of carbonyl (C=O) groups is 1. The van der Waals surface area contributed by atoms with E-state index in [0.717, 1.165) is 6.33 Å². The second-order valence-corrected chi connectivity index (χ2v) is 9.56. The lowest BCUT2D eigenvalue weighted by Crippen LogP contribution is -2.59. The number of amides is 1. The van der Waals surface area contributed by atoms with Crippen LogP contribution in [-0.2, 0) is 9.47 Å². The second-order valence-electron chi connectivity index (χ2n) is 9.15. The molecule has 2 unspecified atom stereocenters. The molecule has 2 aliphatic heterocycles. The highest BCUT2D eigenvalue weighted by molar-refractivity contribution is 6.32. The molecule has 2 aromatic rings. The van der Waals surface area contributed by atoms with Crippen LogP contribution >= 0.6 is 11.6 Å². The fourth-order valence-corrected chi connectivity index (χ4v) is 4.15. The highest BCUT2D eigenvalue weighted by atomic mass is 35.5. The summed E-state index contributed by atoms with van der Waals surface area (Å²) >= 11 is 6.13. The summed E-state index contributed by atoms with van der Waals surface area (Å²) in [5.74, 6) is -1.71. The van der Waals surface area contributed by atoms with Crippen LogP contribution in [-0.4, -0.2) is 59.0 Å². The van der Waals surface area contributed by atoms with Crippen LogP contribution in [0.1, 0.15) is 20.8 Å². The van der Waals surface area contributed by atoms with Gasteiger partial charge in [-0.25, -0.2) is 9.64 Å². The van der Waals surface area contributed by atoms with Gasteiger partial charge in [0.1, 0.15) is 23.8 Å². The van der Waals surface area contributed by atoms with E-state index in [9.17, 15) is 4.79 Å². The number of likely N-dealkylation sites (tertiary alicyclic amines) is 1. The Labute approximate surface area is 201 Å². The third-order valence-electron chi connectivity index (χ3n) is 5.38. The first kappa shape index (κ1) is 24.0. The first-order valence-corrected chi connectivity index (χ1v) is 11.1. The van der Waals surface area contributed by atoms with E-state index in [0.29, 0.717) is 32.0 Å². The fraction of sp³-hybridized carbons (Fsp3) is 0.478. The number of ether oxygens (including phenoxy) is 4. The lowest BCUT2D eigenvalue weighted by atomic mass is 9.84. The molecule has 0 aliphatic carbocycles. The van der Waals surface area contributed by atoms with Gasteiger partial charge in [0.25, 0.3) is 11.8 Å². The summed E-state index contributed by atoms with van der Waals surface area (Å²) in [4.78, 5) is 25.3. The predicted molar refractivity (Wildman–Crippen MR) is 120 cm³/mol. The minimum Gasteiger partial charge on any atom is -0.471 e. The standard InChI is InChI=1S/C23H24ClFN4O5/c1-23(2,3)34-22(30)29-8-13-10-31-11-14(9-29)19(13)33-21-18(25)20(27-12-28-21)32-17-6-5-15(26-4)7-16(17)24/h5-7,12-14,19H,8-11H2,1-3H3. The van der Waals surface area contributed by atoms with Crippen molar-refractivity contribution in [3.05, 3.63) is 46.8 Å². The van der Waals surface area contributed by atoms with Crippen LogP contribution in [0.25, 0.3) is 4.85 Å². The number of hydrogen-bond acceptors (Lipinski definition) is 7. The van der Waals surface area contributed by atoms with Gasteiger partial charge in [-0.2, -0.15) is 14.4 Å². The van der Waals surface area contributed by atoms with Crippen molar-refractivity contribution >= 4 is 23.4 Å². The lowest BCUT2D eigenvalue weighted by molar-refractivity contribution is -0.114. The summed E-state index contributed by atoms with van der Waals surface area (Å²) in [6.45, 7) is 13.9. The van der Waals surface area contributed by atoms with Crippen LogP contribution in [0.4, 0.5) is 14.9 Å². The summed E-state index contributed by atoms with van der Waals surface area (Å²) in [7, 11) is 0. The molecule has 0 N–H and O–H groups in total. The largest absolute Gasteiger partial charge is 0.471 e. The van der Waals surface area contributed by atoms with Gasteiger partial charge in [-0.1, -0.05) is 17.7 Å². The number of nitrogens with zero attached hydrogens (tertiary/aromatic N) is 4. The minimum absolute atomic E-state index is 0.147. The molecular weight excluding hydrogens is 467 g/mol. The zero-order chi connectivity index (χ0) is 24.5. The van der Waals surface area contributed by atoms with Crippen LogP contribution < -0.4 is 9.47 Å². The molecule has 180 valence electrons. The number of hydrogen-bond donors (Lipinski definition) is 0. The molecule has 1 aromatic carbocycles. The molecule has 11 heteroatoms. The van der Waals surface area contributed by atoms with Crippen LogP contribution in [0.2, 0.25) is 5.02 Å². The van der Waals surface area contributed by atoms with E-state index < -0.39 is 23.6 Å². The molecule has 0 spiro atoms. The van der Waals surface area contributed by atoms with E-state index >= 15 is 4.39 Å². The predicted octanol–water partition coefficient (Wildman–Crippen LogP) is 4.87. The quantitative estimate of drug-likeness (QED) is 0.565. The normalized spacial score (nSPS) is 22.0. The molecule has 0 radical (unpaired) electrons. The van der Waals surface area contributed by atoms with Gasteiger partial charge < -0.3 is 23.8 Å². The first-order chi connectivity index (χ1) is 16.1. The van der Waals surface area contributed by atoms with Crippen molar-refractivity contribution in [1.29, 1.82) is 0 Å². The number of benzene rings is 1.